The summed E-state index contributed by atoms with van der Waals surface area (Å²) >= 11 is 0. The summed E-state index contributed by atoms with van der Waals surface area (Å²) in [6.45, 7) is 2.12. The fourth-order valence-corrected chi connectivity index (χ4v) is 1.80. The standard InChI is InChI=1S/C12H18N3O3/c1-3-18-11(16)8-15(10-4-5-10)12(17)14-7-6-13(2)9-14/h6-7,9-10H,3-5,8H2,1-2H3/q+1. The van der Waals surface area contributed by atoms with E-state index in [9.17, 15) is 9.59 Å². The number of carbonyl (C=O) groups excluding carboxylic acids is 2. The SMILES string of the molecule is CCOC(=O)CN(C(=O)n1cc[n+](C)c1)C1CC1. The van der Waals surface area contributed by atoms with E-state index in [1.165, 1.54) is 4.57 Å². The van der Waals surface area contributed by atoms with Gasteiger partial charge in [0.25, 0.3) is 6.33 Å². The number of rotatable bonds is 4. The Labute approximate surface area is 106 Å². The molecule has 98 valence electrons. The molecule has 18 heavy (non-hydrogen) atoms. The zero-order valence-corrected chi connectivity index (χ0v) is 10.7. The number of imidazole rings is 1. The molecule has 0 aromatic carbocycles. The summed E-state index contributed by atoms with van der Waals surface area (Å²) in [5, 5.41) is 0. The van der Waals surface area contributed by atoms with Gasteiger partial charge in [-0.25, -0.2) is 9.36 Å². The molecule has 1 aromatic rings. The number of carbonyl (C=O) groups is 2. The second-order valence-electron chi connectivity index (χ2n) is 4.43. The molecule has 1 aliphatic carbocycles. The summed E-state index contributed by atoms with van der Waals surface area (Å²) in [6.07, 6.45) is 7.07. The highest BCUT2D eigenvalue weighted by molar-refractivity contribution is 5.82. The molecule has 0 bridgehead atoms. The Morgan fingerprint density at radius 2 is 2.22 bits per heavy atom. The van der Waals surface area contributed by atoms with Crippen molar-refractivity contribution in [1.82, 2.24) is 9.47 Å². The lowest BCUT2D eigenvalue weighted by molar-refractivity contribution is -0.670. The van der Waals surface area contributed by atoms with Gasteiger partial charge in [-0.3, -0.25) is 9.69 Å². The average molecular weight is 252 g/mol. The molecule has 0 radical (unpaired) electrons. The van der Waals surface area contributed by atoms with Crippen LogP contribution in [0.5, 0.6) is 0 Å². The number of esters is 1. The van der Waals surface area contributed by atoms with Gasteiger partial charge in [0.15, 0.2) is 0 Å². The van der Waals surface area contributed by atoms with Gasteiger partial charge in [-0.2, -0.15) is 4.57 Å². The van der Waals surface area contributed by atoms with Gasteiger partial charge >= 0.3 is 12.0 Å². The van der Waals surface area contributed by atoms with E-state index in [2.05, 4.69) is 0 Å². The van der Waals surface area contributed by atoms with Crippen molar-refractivity contribution in [3.63, 3.8) is 0 Å². The van der Waals surface area contributed by atoms with Crippen LogP contribution in [-0.4, -0.2) is 40.7 Å². The number of nitrogens with zero attached hydrogens (tertiary/aromatic N) is 3. The third kappa shape index (κ3) is 2.88. The van der Waals surface area contributed by atoms with Gasteiger partial charge in [0.2, 0.25) is 0 Å². The van der Waals surface area contributed by atoms with Crippen molar-refractivity contribution < 1.29 is 18.9 Å². The second-order valence-corrected chi connectivity index (χ2v) is 4.43. The van der Waals surface area contributed by atoms with E-state index in [1.54, 1.807) is 35.1 Å². The molecule has 6 nitrogen and oxygen atoms in total. The van der Waals surface area contributed by atoms with Crippen LogP contribution in [0.4, 0.5) is 4.79 Å². The van der Waals surface area contributed by atoms with Gasteiger partial charge in [0.1, 0.15) is 18.9 Å². The summed E-state index contributed by atoms with van der Waals surface area (Å²) in [7, 11) is 1.84. The number of ether oxygens (including phenoxy) is 1. The lowest BCUT2D eigenvalue weighted by Gasteiger charge is -2.18. The minimum Gasteiger partial charge on any atom is -0.465 e. The van der Waals surface area contributed by atoms with Crippen LogP contribution < -0.4 is 4.57 Å². The Balaban J connectivity index is 2.05. The van der Waals surface area contributed by atoms with Crippen LogP contribution in [0.25, 0.3) is 0 Å². The molecule has 1 fully saturated rings. The van der Waals surface area contributed by atoms with Gasteiger partial charge in [-0.15, -0.1) is 0 Å². The zero-order chi connectivity index (χ0) is 13.1. The fraction of sp³-hybridized carbons (Fsp3) is 0.583. The van der Waals surface area contributed by atoms with Crippen LogP contribution in [0.2, 0.25) is 0 Å². The number of amides is 1. The fourth-order valence-electron chi connectivity index (χ4n) is 1.80. The summed E-state index contributed by atoms with van der Waals surface area (Å²) in [4.78, 5) is 25.3. The largest absolute Gasteiger partial charge is 0.465 e. The Morgan fingerprint density at radius 1 is 1.50 bits per heavy atom. The third-order valence-corrected chi connectivity index (χ3v) is 2.83. The Kier molecular flexibility index (Phi) is 3.64. The first kappa shape index (κ1) is 12.6. The molecule has 0 unspecified atom stereocenters. The molecular weight excluding hydrogens is 234 g/mol. The Morgan fingerprint density at radius 3 is 2.72 bits per heavy atom. The molecule has 6 heteroatoms. The van der Waals surface area contributed by atoms with Gasteiger partial charge in [0.05, 0.1) is 13.7 Å². The Hall–Kier alpha value is -1.85. The van der Waals surface area contributed by atoms with Crippen molar-refractivity contribution in [3.05, 3.63) is 18.7 Å². The van der Waals surface area contributed by atoms with Crippen LogP contribution in [0, 0.1) is 0 Å². The topological polar surface area (TPSA) is 55.4 Å². The first-order chi connectivity index (χ1) is 8.61. The summed E-state index contributed by atoms with van der Waals surface area (Å²) in [5.41, 5.74) is 0. The van der Waals surface area contributed by atoms with E-state index in [-0.39, 0.29) is 24.6 Å². The molecule has 1 heterocycles. The predicted molar refractivity (Wildman–Crippen MR) is 62.8 cm³/mol. The van der Waals surface area contributed by atoms with E-state index in [4.69, 9.17) is 4.74 Å². The molecular formula is C12H18N3O3+. The van der Waals surface area contributed by atoms with Crippen molar-refractivity contribution >= 4 is 12.0 Å². The van der Waals surface area contributed by atoms with Gasteiger partial charge in [-0.1, -0.05) is 0 Å². The maximum absolute atomic E-state index is 12.2. The summed E-state index contributed by atoms with van der Waals surface area (Å²) in [6, 6.07) is 0.000709. The molecule has 1 aromatic heterocycles. The van der Waals surface area contributed by atoms with Crippen molar-refractivity contribution in [2.45, 2.75) is 25.8 Å². The van der Waals surface area contributed by atoms with E-state index in [0.717, 1.165) is 12.8 Å². The van der Waals surface area contributed by atoms with Crippen LogP contribution in [-0.2, 0) is 16.6 Å². The highest BCUT2D eigenvalue weighted by Gasteiger charge is 2.37. The molecule has 0 N–H and O–H groups in total. The summed E-state index contributed by atoms with van der Waals surface area (Å²) in [5.74, 6) is -0.353. The number of hydrogen-bond acceptors (Lipinski definition) is 3. The van der Waals surface area contributed by atoms with Crippen molar-refractivity contribution in [2.75, 3.05) is 13.2 Å². The molecule has 0 aliphatic heterocycles. The third-order valence-electron chi connectivity index (χ3n) is 2.83. The summed E-state index contributed by atoms with van der Waals surface area (Å²) < 4.78 is 8.16. The predicted octanol–water partition coefficient (Wildman–Crippen LogP) is 0.308. The molecule has 1 amide bonds. The highest BCUT2D eigenvalue weighted by atomic mass is 16.5. The minimum absolute atomic E-state index is 0.0270. The van der Waals surface area contributed by atoms with Gasteiger partial charge in [0, 0.05) is 6.04 Å². The minimum atomic E-state index is -0.353. The van der Waals surface area contributed by atoms with Crippen LogP contribution in [0.1, 0.15) is 19.8 Å². The smallest absolute Gasteiger partial charge is 0.416 e. The average Bonchev–Trinajstić information content (AvgIpc) is 3.08. The van der Waals surface area contributed by atoms with Gasteiger partial charge in [-0.05, 0) is 19.8 Å². The Bertz CT molecular complexity index is 451. The first-order valence-electron chi connectivity index (χ1n) is 6.11. The molecule has 2 rings (SSSR count). The van der Waals surface area contributed by atoms with E-state index >= 15 is 0 Å². The van der Waals surface area contributed by atoms with E-state index in [1.807, 2.05) is 7.05 Å². The van der Waals surface area contributed by atoms with Crippen LogP contribution in [0.3, 0.4) is 0 Å². The van der Waals surface area contributed by atoms with E-state index < -0.39 is 0 Å². The number of aryl methyl sites for hydroxylation is 1. The van der Waals surface area contributed by atoms with Crippen molar-refractivity contribution in [1.29, 1.82) is 0 Å². The number of hydrogen-bond donors (Lipinski definition) is 0. The quantitative estimate of drug-likeness (QED) is 0.572. The van der Waals surface area contributed by atoms with Crippen LogP contribution >= 0.6 is 0 Å². The normalized spacial score (nSPS) is 14.3. The van der Waals surface area contributed by atoms with E-state index in [0.29, 0.717) is 6.61 Å². The maximum Gasteiger partial charge on any atom is 0.416 e. The lowest BCUT2D eigenvalue weighted by atomic mass is 10.5. The molecule has 0 spiro atoms. The molecule has 0 atom stereocenters. The molecule has 0 saturated heterocycles. The second kappa shape index (κ2) is 5.20. The van der Waals surface area contributed by atoms with Gasteiger partial charge < -0.3 is 4.74 Å². The van der Waals surface area contributed by atoms with Crippen molar-refractivity contribution in [3.8, 4) is 0 Å². The monoisotopic (exact) mass is 252 g/mol. The maximum atomic E-state index is 12.2. The molecule has 1 saturated carbocycles. The number of aromatic nitrogens is 2. The molecule has 1 aliphatic rings. The zero-order valence-electron chi connectivity index (χ0n) is 10.7. The van der Waals surface area contributed by atoms with Crippen LogP contribution in [0.15, 0.2) is 18.7 Å². The van der Waals surface area contributed by atoms with Crippen molar-refractivity contribution in [2.24, 2.45) is 7.05 Å². The first-order valence-corrected chi connectivity index (χ1v) is 6.11. The lowest BCUT2D eigenvalue weighted by Crippen LogP contribution is -2.41. The highest BCUT2D eigenvalue weighted by Crippen LogP contribution is 2.27.